The fourth-order valence-corrected chi connectivity index (χ4v) is 2.01. The molecule has 2 heteroatoms. The molecule has 2 rings (SSSR count). The van der Waals surface area contributed by atoms with E-state index in [-0.39, 0.29) is 0 Å². The predicted molar refractivity (Wildman–Crippen MR) is 80.5 cm³/mol. The monoisotopic (exact) mass is 255 g/mol. The molecule has 0 spiro atoms. The van der Waals surface area contributed by atoms with Gasteiger partial charge in [-0.2, -0.15) is 0 Å². The Labute approximate surface area is 115 Å². The van der Waals surface area contributed by atoms with E-state index >= 15 is 0 Å². The van der Waals surface area contributed by atoms with E-state index in [0.717, 1.165) is 24.6 Å². The Morgan fingerprint density at radius 3 is 2.37 bits per heavy atom. The van der Waals surface area contributed by atoms with Gasteiger partial charge in [-0.3, -0.25) is 0 Å². The molecule has 0 aliphatic rings. The van der Waals surface area contributed by atoms with Crippen LogP contribution in [0.4, 0.5) is 5.69 Å². The maximum atomic E-state index is 5.67. The topological polar surface area (TPSA) is 16.4 Å². The molecule has 0 bridgehead atoms. The number of furan rings is 1. The third-order valence-electron chi connectivity index (χ3n) is 3.10. The van der Waals surface area contributed by atoms with Crippen LogP contribution in [0.5, 0.6) is 0 Å². The van der Waals surface area contributed by atoms with Crippen LogP contribution in [0.1, 0.15) is 24.0 Å². The first kappa shape index (κ1) is 13.5. The van der Waals surface area contributed by atoms with Gasteiger partial charge in [0, 0.05) is 12.2 Å². The molecule has 2 nitrogen and oxygen atoms in total. The number of hydrogen-bond acceptors (Lipinski definition) is 2. The maximum absolute atomic E-state index is 5.67. The van der Waals surface area contributed by atoms with Crippen molar-refractivity contribution in [2.75, 3.05) is 11.4 Å². The van der Waals surface area contributed by atoms with Crippen molar-refractivity contribution in [3.63, 3.8) is 0 Å². The van der Waals surface area contributed by atoms with E-state index in [1.165, 1.54) is 11.3 Å². The van der Waals surface area contributed by atoms with Crippen LogP contribution in [-0.2, 0) is 6.54 Å². The van der Waals surface area contributed by atoms with E-state index in [4.69, 9.17) is 4.42 Å². The summed E-state index contributed by atoms with van der Waals surface area (Å²) in [6.07, 6.45) is 4.24. The van der Waals surface area contributed by atoms with Gasteiger partial charge in [0.2, 0.25) is 0 Å². The quantitative estimate of drug-likeness (QED) is 0.732. The van der Waals surface area contributed by atoms with Gasteiger partial charge in [0.15, 0.2) is 0 Å². The molecule has 19 heavy (non-hydrogen) atoms. The van der Waals surface area contributed by atoms with Crippen LogP contribution in [0.15, 0.2) is 53.0 Å². The van der Waals surface area contributed by atoms with Crippen molar-refractivity contribution < 1.29 is 4.42 Å². The Kier molecular flexibility index (Phi) is 4.45. The van der Waals surface area contributed by atoms with Crippen molar-refractivity contribution >= 4 is 5.69 Å². The van der Waals surface area contributed by atoms with Crippen molar-refractivity contribution in [3.05, 3.63) is 65.6 Å². The Balaban J connectivity index is 2.17. The molecule has 0 amide bonds. The molecule has 1 aromatic heterocycles. The molecule has 0 saturated carbocycles. The van der Waals surface area contributed by atoms with Gasteiger partial charge in [0.25, 0.3) is 0 Å². The minimum Gasteiger partial charge on any atom is -0.464 e. The molecule has 1 heterocycles. The average molecular weight is 255 g/mol. The number of allylic oxidation sites excluding steroid dienone is 1. The summed E-state index contributed by atoms with van der Waals surface area (Å²) in [5.74, 6) is 1.97. The average Bonchev–Trinajstić information content (AvgIpc) is 2.81. The van der Waals surface area contributed by atoms with E-state index in [9.17, 15) is 0 Å². The molecule has 100 valence electrons. The normalized spacial score (nSPS) is 11.1. The van der Waals surface area contributed by atoms with Crippen LogP contribution in [0.2, 0.25) is 0 Å². The van der Waals surface area contributed by atoms with Gasteiger partial charge in [-0.05, 0) is 45.0 Å². The van der Waals surface area contributed by atoms with Gasteiger partial charge < -0.3 is 9.32 Å². The first-order valence-electron chi connectivity index (χ1n) is 6.67. The highest BCUT2D eigenvalue weighted by atomic mass is 16.3. The summed E-state index contributed by atoms with van der Waals surface area (Å²) in [4.78, 5) is 2.30. The summed E-state index contributed by atoms with van der Waals surface area (Å²) in [7, 11) is 0. The second-order valence-corrected chi connectivity index (χ2v) is 4.80. The van der Waals surface area contributed by atoms with Gasteiger partial charge in [-0.1, -0.05) is 29.8 Å². The first-order valence-corrected chi connectivity index (χ1v) is 6.67. The Morgan fingerprint density at radius 2 is 1.79 bits per heavy atom. The highest BCUT2D eigenvalue weighted by molar-refractivity contribution is 5.48. The van der Waals surface area contributed by atoms with E-state index in [0.29, 0.717) is 0 Å². The molecule has 0 aliphatic carbocycles. The lowest BCUT2D eigenvalue weighted by Gasteiger charge is -2.22. The molecular formula is C17H21NO. The van der Waals surface area contributed by atoms with Gasteiger partial charge in [0.05, 0.1) is 6.54 Å². The summed E-state index contributed by atoms with van der Waals surface area (Å²) in [6, 6.07) is 12.7. The highest BCUT2D eigenvalue weighted by Gasteiger charge is 2.08. The Hall–Kier alpha value is -1.96. The van der Waals surface area contributed by atoms with Crippen molar-refractivity contribution in [1.29, 1.82) is 0 Å². The van der Waals surface area contributed by atoms with Crippen molar-refractivity contribution in [3.8, 4) is 0 Å². The minimum atomic E-state index is 0.793. The summed E-state index contributed by atoms with van der Waals surface area (Å²) < 4.78 is 5.67. The summed E-state index contributed by atoms with van der Waals surface area (Å²) in [5.41, 5.74) is 2.50. The zero-order chi connectivity index (χ0) is 13.7. The van der Waals surface area contributed by atoms with Gasteiger partial charge >= 0.3 is 0 Å². The molecule has 0 saturated heterocycles. The lowest BCUT2D eigenvalue weighted by atomic mass is 10.2. The molecule has 0 N–H and O–H groups in total. The number of hydrogen-bond donors (Lipinski definition) is 0. The second kappa shape index (κ2) is 6.28. The maximum Gasteiger partial charge on any atom is 0.123 e. The van der Waals surface area contributed by atoms with Crippen molar-refractivity contribution in [2.24, 2.45) is 0 Å². The highest BCUT2D eigenvalue weighted by Crippen LogP contribution is 2.19. The Bertz CT molecular complexity index is 537. The molecule has 0 aliphatic heterocycles. The fraction of sp³-hybridized carbons (Fsp3) is 0.294. The first-order chi connectivity index (χ1) is 9.19. The number of benzene rings is 1. The predicted octanol–water partition coefficient (Wildman–Crippen LogP) is 4.48. The fourth-order valence-electron chi connectivity index (χ4n) is 2.01. The number of anilines is 1. The SMILES string of the molecule is C/C=C/CN(Cc1ccc(C)o1)c1ccc(C)cc1. The molecule has 2 aromatic rings. The summed E-state index contributed by atoms with van der Waals surface area (Å²) >= 11 is 0. The van der Waals surface area contributed by atoms with Gasteiger partial charge in [-0.25, -0.2) is 0 Å². The molecule has 0 atom stereocenters. The number of aryl methyl sites for hydroxylation is 2. The zero-order valence-electron chi connectivity index (χ0n) is 11.9. The lowest BCUT2D eigenvalue weighted by molar-refractivity contribution is 0.480. The van der Waals surface area contributed by atoms with E-state index in [1.54, 1.807) is 0 Å². The molecule has 0 fully saturated rings. The van der Waals surface area contributed by atoms with Gasteiger partial charge in [-0.15, -0.1) is 0 Å². The van der Waals surface area contributed by atoms with E-state index < -0.39 is 0 Å². The van der Waals surface area contributed by atoms with Crippen LogP contribution in [0.3, 0.4) is 0 Å². The summed E-state index contributed by atoms with van der Waals surface area (Å²) in [5, 5.41) is 0. The van der Waals surface area contributed by atoms with Crippen LogP contribution >= 0.6 is 0 Å². The van der Waals surface area contributed by atoms with Crippen molar-refractivity contribution in [2.45, 2.75) is 27.3 Å². The van der Waals surface area contributed by atoms with Crippen LogP contribution in [0.25, 0.3) is 0 Å². The lowest BCUT2D eigenvalue weighted by Crippen LogP contribution is -2.22. The smallest absolute Gasteiger partial charge is 0.123 e. The number of rotatable bonds is 5. The minimum absolute atomic E-state index is 0.793. The van der Waals surface area contributed by atoms with Crippen LogP contribution in [-0.4, -0.2) is 6.54 Å². The van der Waals surface area contributed by atoms with E-state index in [1.807, 2.05) is 26.0 Å². The van der Waals surface area contributed by atoms with Gasteiger partial charge in [0.1, 0.15) is 11.5 Å². The molecule has 0 radical (unpaired) electrons. The Morgan fingerprint density at radius 1 is 1.05 bits per heavy atom. The molecule has 1 aromatic carbocycles. The van der Waals surface area contributed by atoms with E-state index in [2.05, 4.69) is 48.2 Å². The van der Waals surface area contributed by atoms with Crippen LogP contribution in [0, 0.1) is 13.8 Å². The number of nitrogens with zero attached hydrogens (tertiary/aromatic N) is 1. The standard InChI is InChI=1S/C17H21NO/c1-4-5-12-18(13-17-11-8-15(3)19-17)16-9-6-14(2)7-10-16/h4-11H,12-13H2,1-3H3/b5-4+. The van der Waals surface area contributed by atoms with Crippen LogP contribution < -0.4 is 4.90 Å². The molecule has 0 unspecified atom stereocenters. The summed E-state index contributed by atoms with van der Waals surface area (Å²) in [6.45, 7) is 7.81. The largest absolute Gasteiger partial charge is 0.464 e. The third kappa shape index (κ3) is 3.75. The third-order valence-corrected chi connectivity index (χ3v) is 3.10. The zero-order valence-corrected chi connectivity index (χ0v) is 11.9. The second-order valence-electron chi connectivity index (χ2n) is 4.80. The van der Waals surface area contributed by atoms with Crippen molar-refractivity contribution in [1.82, 2.24) is 0 Å². The molecular weight excluding hydrogens is 234 g/mol.